The summed E-state index contributed by atoms with van der Waals surface area (Å²) < 4.78 is 5.65. The summed E-state index contributed by atoms with van der Waals surface area (Å²) >= 11 is 1.47. The first kappa shape index (κ1) is 21.1. The average Bonchev–Trinajstić information content (AvgIpc) is 3.32. The van der Waals surface area contributed by atoms with Gasteiger partial charge in [-0.2, -0.15) is 0 Å². The summed E-state index contributed by atoms with van der Waals surface area (Å²) in [6.07, 6.45) is 0.869. The third-order valence-electron chi connectivity index (χ3n) is 4.79. The first-order valence-electron chi connectivity index (χ1n) is 9.78. The molecular formula is C22H27N2O4S+. The maximum atomic E-state index is 12.9. The zero-order valence-corrected chi connectivity index (χ0v) is 17.8. The summed E-state index contributed by atoms with van der Waals surface area (Å²) in [4.78, 5) is 29.3. The molecule has 0 radical (unpaired) electrons. The minimum Gasteiger partial charge on any atom is -0.507 e. The zero-order chi connectivity index (χ0) is 21.0. The number of Topliss-reactive ketones (excluding diaryl/α,β-unsaturated/α-hetero) is 1. The van der Waals surface area contributed by atoms with Crippen LogP contribution in [-0.2, 0) is 9.59 Å². The molecule has 1 saturated heterocycles. The van der Waals surface area contributed by atoms with Crippen molar-refractivity contribution in [2.75, 3.05) is 33.8 Å². The number of nitrogens with one attached hydrogen (secondary N) is 1. The third-order valence-corrected chi connectivity index (χ3v) is 5.71. The Balaban J connectivity index is 2.04. The number of likely N-dealkylation sites (N-methyl/N-ethyl adjacent to an activating group) is 1. The summed E-state index contributed by atoms with van der Waals surface area (Å²) in [5.74, 6) is -0.753. The Bertz CT molecular complexity index is 905. The molecule has 0 saturated carbocycles. The number of aliphatic hydroxyl groups is 1. The molecule has 2 heterocycles. The van der Waals surface area contributed by atoms with E-state index < -0.39 is 17.7 Å². The fourth-order valence-corrected chi connectivity index (χ4v) is 4.15. The Kier molecular flexibility index (Phi) is 6.71. The van der Waals surface area contributed by atoms with Gasteiger partial charge in [0.2, 0.25) is 0 Å². The van der Waals surface area contributed by atoms with Gasteiger partial charge in [0.15, 0.2) is 0 Å². The lowest BCUT2D eigenvalue weighted by Gasteiger charge is -2.24. The number of rotatable bonds is 8. The van der Waals surface area contributed by atoms with Crippen molar-refractivity contribution in [3.05, 3.63) is 57.8 Å². The normalized spacial score (nSPS) is 18.6. The molecular weight excluding hydrogens is 388 g/mol. The van der Waals surface area contributed by atoms with E-state index in [0.29, 0.717) is 31.0 Å². The van der Waals surface area contributed by atoms with Gasteiger partial charge in [-0.1, -0.05) is 25.1 Å². The number of carbonyl (C=O) groups excluding carboxylic acids is 2. The maximum Gasteiger partial charge on any atom is 0.295 e. The van der Waals surface area contributed by atoms with Crippen LogP contribution in [0, 0.1) is 0 Å². The Morgan fingerprint density at radius 3 is 2.69 bits per heavy atom. The monoisotopic (exact) mass is 415 g/mol. The van der Waals surface area contributed by atoms with Crippen molar-refractivity contribution in [2.24, 2.45) is 0 Å². The number of amides is 1. The highest BCUT2D eigenvalue weighted by Gasteiger charge is 2.46. The van der Waals surface area contributed by atoms with Crippen molar-refractivity contribution < 1.29 is 24.3 Å². The molecule has 0 aliphatic carbocycles. The van der Waals surface area contributed by atoms with Crippen LogP contribution in [0.4, 0.5) is 0 Å². The first-order valence-corrected chi connectivity index (χ1v) is 10.7. The van der Waals surface area contributed by atoms with Gasteiger partial charge in [0.05, 0.1) is 45.4 Å². The van der Waals surface area contributed by atoms with Crippen molar-refractivity contribution in [3.8, 4) is 5.75 Å². The number of aliphatic hydroxyl groups excluding tert-OH is 1. The minimum atomic E-state index is -0.644. The van der Waals surface area contributed by atoms with Gasteiger partial charge in [-0.3, -0.25) is 9.59 Å². The van der Waals surface area contributed by atoms with Gasteiger partial charge in [0, 0.05) is 10.4 Å². The molecule has 29 heavy (non-hydrogen) atoms. The minimum absolute atomic E-state index is 0.138. The highest BCUT2D eigenvalue weighted by atomic mass is 32.1. The molecule has 0 spiro atoms. The van der Waals surface area contributed by atoms with E-state index in [9.17, 15) is 14.7 Å². The van der Waals surface area contributed by atoms with Crippen LogP contribution in [0.3, 0.4) is 0 Å². The molecule has 1 atom stereocenters. The second kappa shape index (κ2) is 9.24. The summed E-state index contributed by atoms with van der Waals surface area (Å²) in [5.41, 5.74) is 0.607. The molecule has 2 N–H and O–H groups in total. The van der Waals surface area contributed by atoms with Crippen LogP contribution in [0.2, 0.25) is 0 Å². The number of quaternary nitrogens is 1. The predicted octanol–water partition coefficient (Wildman–Crippen LogP) is 2.10. The Morgan fingerprint density at radius 1 is 1.24 bits per heavy atom. The average molecular weight is 416 g/mol. The fourth-order valence-electron chi connectivity index (χ4n) is 3.31. The molecule has 1 fully saturated rings. The van der Waals surface area contributed by atoms with Crippen molar-refractivity contribution in [1.82, 2.24) is 4.90 Å². The Morgan fingerprint density at radius 2 is 2.03 bits per heavy atom. The number of nitrogens with zero attached hydrogens (tertiary/aromatic N) is 1. The van der Waals surface area contributed by atoms with Gasteiger partial charge < -0.3 is 19.6 Å². The van der Waals surface area contributed by atoms with Gasteiger partial charge in [-0.05, 0) is 30.0 Å². The van der Waals surface area contributed by atoms with Gasteiger partial charge in [-0.25, -0.2) is 0 Å². The molecule has 6 nitrogen and oxygen atoms in total. The quantitative estimate of drug-likeness (QED) is 0.394. The number of likely N-dealkylation sites (tertiary alicyclic amines) is 1. The summed E-state index contributed by atoms with van der Waals surface area (Å²) in [7, 11) is 4.00. The number of ketones is 1. The van der Waals surface area contributed by atoms with E-state index in [1.165, 1.54) is 16.2 Å². The van der Waals surface area contributed by atoms with Crippen LogP contribution in [0.5, 0.6) is 5.75 Å². The molecule has 1 aromatic heterocycles. The Hall–Kier alpha value is -2.64. The van der Waals surface area contributed by atoms with E-state index in [0.717, 1.165) is 11.3 Å². The molecule has 3 rings (SSSR count). The highest BCUT2D eigenvalue weighted by molar-refractivity contribution is 7.10. The molecule has 1 aliphatic rings. The van der Waals surface area contributed by atoms with Crippen molar-refractivity contribution in [2.45, 2.75) is 19.4 Å². The van der Waals surface area contributed by atoms with E-state index in [-0.39, 0.29) is 11.3 Å². The van der Waals surface area contributed by atoms with Gasteiger partial charge in [-0.15, -0.1) is 11.3 Å². The standard InChI is InChI=1S/C22H26N2O4S/c1-4-12-28-16-8-5-7-15(14-16)20(25)18-19(17-9-6-13-29-17)24(11-10-23(2)3)22(27)21(18)26/h5-9,13-14,19,25H,4,10-12H2,1-3H3/p+1/t19-/m1/s1. The SMILES string of the molecule is CCCOc1cccc(C(O)=C2C(=O)C(=O)N(CC[NH+](C)C)[C@@H]2c2cccs2)c1. The largest absolute Gasteiger partial charge is 0.507 e. The second-order valence-corrected chi connectivity index (χ2v) is 8.32. The van der Waals surface area contributed by atoms with E-state index in [1.54, 1.807) is 23.1 Å². The molecule has 154 valence electrons. The van der Waals surface area contributed by atoms with Gasteiger partial charge in [0.25, 0.3) is 11.7 Å². The fraction of sp³-hybridized carbons (Fsp3) is 0.364. The molecule has 0 unspecified atom stereocenters. The highest BCUT2D eigenvalue weighted by Crippen LogP contribution is 2.41. The summed E-state index contributed by atoms with van der Waals surface area (Å²) in [6.45, 7) is 3.72. The third kappa shape index (κ3) is 4.52. The van der Waals surface area contributed by atoms with E-state index >= 15 is 0 Å². The number of hydrogen-bond acceptors (Lipinski definition) is 5. The van der Waals surface area contributed by atoms with Gasteiger partial charge >= 0.3 is 0 Å². The molecule has 1 aromatic carbocycles. The number of ether oxygens (including phenoxy) is 1. The van der Waals surface area contributed by atoms with Gasteiger partial charge in [0.1, 0.15) is 11.5 Å². The van der Waals surface area contributed by atoms with Crippen LogP contribution < -0.4 is 9.64 Å². The number of benzene rings is 1. The lowest BCUT2D eigenvalue weighted by atomic mass is 9.99. The van der Waals surface area contributed by atoms with E-state index in [4.69, 9.17) is 4.74 Å². The number of carbonyl (C=O) groups is 2. The van der Waals surface area contributed by atoms with Crippen LogP contribution in [-0.4, -0.2) is 55.5 Å². The van der Waals surface area contributed by atoms with Crippen LogP contribution >= 0.6 is 11.3 Å². The van der Waals surface area contributed by atoms with Crippen LogP contribution in [0.15, 0.2) is 47.4 Å². The molecule has 2 aromatic rings. The zero-order valence-electron chi connectivity index (χ0n) is 17.0. The number of thiophene rings is 1. The topological polar surface area (TPSA) is 71.3 Å². The Labute approximate surface area is 175 Å². The summed E-state index contributed by atoms with van der Waals surface area (Å²) in [5, 5.41) is 13.0. The molecule has 1 amide bonds. The lowest BCUT2D eigenvalue weighted by molar-refractivity contribution is -0.857. The lowest BCUT2D eigenvalue weighted by Crippen LogP contribution is -3.06. The van der Waals surface area contributed by atoms with Crippen molar-refractivity contribution >= 4 is 28.8 Å². The smallest absolute Gasteiger partial charge is 0.295 e. The van der Waals surface area contributed by atoms with E-state index in [1.807, 2.05) is 44.6 Å². The molecule has 7 heteroatoms. The van der Waals surface area contributed by atoms with Crippen molar-refractivity contribution in [3.63, 3.8) is 0 Å². The van der Waals surface area contributed by atoms with Crippen molar-refractivity contribution in [1.29, 1.82) is 0 Å². The molecule has 1 aliphatic heterocycles. The predicted molar refractivity (Wildman–Crippen MR) is 113 cm³/mol. The number of hydrogen-bond donors (Lipinski definition) is 2. The summed E-state index contributed by atoms with van der Waals surface area (Å²) in [6, 6.07) is 10.2. The van der Waals surface area contributed by atoms with Crippen LogP contribution in [0.25, 0.3) is 5.76 Å². The molecule has 0 bridgehead atoms. The van der Waals surface area contributed by atoms with E-state index in [2.05, 4.69) is 0 Å². The second-order valence-electron chi connectivity index (χ2n) is 7.34. The van der Waals surface area contributed by atoms with Crippen LogP contribution in [0.1, 0.15) is 29.8 Å². The maximum absolute atomic E-state index is 12.9. The first-order chi connectivity index (χ1) is 13.9.